The molecule has 3 rings (SSSR count). The second-order valence-corrected chi connectivity index (χ2v) is 6.39. The average molecular weight is 343 g/mol. The SMILES string of the molecule is CN1[C@@H]2CC[C@H]1CC(NC(=O)Nc1ccc(OC(F)(F)F)cc1)C2. The predicted octanol–water partition coefficient (Wildman–Crippen LogP) is 3.33. The van der Waals surface area contributed by atoms with Gasteiger partial charge in [-0.2, -0.15) is 0 Å². The first kappa shape index (κ1) is 16.9. The van der Waals surface area contributed by atoms with Crippen molar-refractivity contribution in [3.8, 4) is 5.75 Å². The molecule has 1 unspecified atom stereocenters. The molecule has 2 amide bonds. The molecule has 2 aliphatic heterocycles. The standard InChI is InChI=1S/C16H20F3N3O2/c1-22-12-4-5-13(22)9-11(8-12)21-15(23)20-10-2-6-14(7-3-10)24-16(17,18)19/h2-3,6-7,11-13H,4-5,8-9H2,1H3,(H2,20,21,23)/t11?,12-,13+. The third-order valence-electron chi connectivity index (χ3n) is 4.78. The van der Waals surface area contributed by atoms with Crippen molar-refractivity contribution in [2.45, 2.75) is 50.2 Å². The van der Waals surface area contributed by atoms with Gasteiger partial charge in [-0.1, -0.05) is 0 Å². The number of carbonyl (C=O) groups excluding carboxylic acids is 1. The zero-order chi connectivity index (χ0) is 17.3. The number of halogens is 3. The van der Waals surface area contributed by atoms with E-state index in [1.165, 1.54) is 37.1 Å². The maximum atomic E-state index is 12.1. The summed E-state index contributed by atoms with van der Waals surface area (Å²) >= 11 is 0. The Bertz CT molecular complexity index is 577. The molecular formula is C16H20F3N3O2. The molecular weight excluding hydrogens is 323 g/mol. The van der Waals surface area contributed by atoms with E-state index in [4.69, 9.17) is 0 Å². The number of alkyl halides is 3. The van der Waals surface area contributed by atoms with Crippen LogP contribution in [0.4, 0.5) is 23.7 Å². The summed E-state index contributed by atoms with van der Waals surface area (Å²) in [5, 5.41) is 5.59. The molecule has 0 aliphatic carbocycles. The van der Waals surface area contributed by atoms with Gasteiger partial charge in [0.2, 0.25) is 0 Å². The zero-order valence-corrected chi connectivity index (χ0v) is 13.3. The van der Waals surface area contributed by atoms with E-state index in [9.17, 15) is 18.0 Å². The van der Waals surface area contributed by atoms with E-state index < -0.39 is 6.36 Å². The quantitative estimate of drug-likeness (QED) is 0.885. The number of hydrogen-bond acceptors (Lipinski definition) is 3. The number of fused-ring (bicyclic) bond motifs is 2. The number of amides is 2. The number of anilines is 1. The smallest absolute Gasteiger partial charge is 0.406 e. The number of piperidine rings is 1. The maximum Gasteiger partial charge on any atom is 0.573 e. The highest BCUT2D eigenvalue weighted by Crippen LogP contribution is 2.34. The molecule has 2 saturated heterocycles. The lowest BCUT2D eigenvalue weighted by Crippen LogP contribution is -2.49. The molecule has 2 bridgehead atoms. The van der Waals surface area contributed by atoms with Gasteiger partial charge in [-0.15, -0.1) is 13.2 Å². The van der Waals surface area contributed by atoms with Crippen molar-refractivity contribution in [3.05, 3.63) is 24.3 Å². The Morgan fingerprint density at radius 2 is 1.75 bits per heavy atom. The monoisotopic (exact) mass is 343 g/mol. The number of carbonyl (C=O) groups is 1. The number of urea groups is 1. The molecule has 132 valence electrons. The molecule has 0 saturated carbocycles. The average Bonchev–Trinajstić information content (AvgIpc) is 2.70. The van der Waals surface area contributed by atoms with Gasteiger partial charge in [-0.25, -0.2) is 4.79 Å². The van der Waals surface area contributed by atoms with Crippen LogP contribution in [-0.2, 0) is 0 Å². The minimum atomic E-state index is -4.72. The van der Waals surface area contributed by atoms with Crippen LogP contribution in [0, 0.1) is 0 Å². The Morgan fingerprint density at radius 1 is 1.17 bits per heavy atom. The Labute approximate surface area is 138 Å². The summed E-state index contributed by atoms with van der Waals surface area (Å²) in [6.45, 7) is 0. The summed E-state index contributed by atoms with van der Waals surface area (Å²) < 4.78 is 40.1. The second kappa shape index (κ2) is 6.51. The van der Waals surface area contributed by atoms with Crippen LogP contribution in [0.2, 0.25) is 0 Å². The molecule has 2 fully saturated rings. The summed E-state index contributed by atoms with van der Waals surface area (Å²) in [6, 6.07) is 5.91. The van der Waals surface area contributed by atoms with Gasteiger partial charge in [-0.05, 0) is 57.0 Å². The largest absolute Gasteiger partial charge is 0.573 e. The van der Waals surface area contributed by atoms with Gasteiger partial charge >= 0.3 is 12.4 Å². The van der Waals surface area contributed by atoms with Crippen LogP contribution in [0.1, 0.15) is 25.7 Å². The fourth-order valence-electron chi connectivity index (χ4n) is 3.62. The number of nitrogens with one attached hydrogen (secondary N) is 2. The number of benzene rings is 1. The summed E-state index contributed by atoms with van der Waals surface area (Å²) in [5.74, 6) is -0.319. The van der Waals surface area contributed by atoms with E-state index in [2.05, 4.69) is 27.3 Å². The number of rotatable bonds is 3. The fourth-order valence-corrected chi connectivity index (χ4v) is 3.62. The minimum absolute atomic E-state index is 0.131. The first-order valence-electron chi connectivity index (χ1n) is 7.95. The Balaban J connectivity index is 1.50. The van der Waals surface area contributed by atoms with Crippen molar-refractivity contribution in [3.63, 3.8) is 0 Å². The van der Waals surface area contributed by atoms with Crippen LogP contribution < -0.4 is 15.4 Å². The van der Waals surface area contributed by atoms with Crippen LogP contribution in [0.5, 0.6) is 5.75 Å². The summed E-state index contributed by atoms with van der Waals surface area (Å²) in [6.07, 6.45) is -0.527. The zero-order valence-electron chi connectivity index (χ0n) is 13.3. The van der Waals surface area contributed by atoms with E-state index in [0.717, 1.165) is 12.8 Å². The van der Waals surface area contributed by atoms with Crippen LogP contribution in [0.3, 0.4) is 0 Å². The van der Waals surface area contributed by atoms with Crippen LogP contribution in [0.25, 0.3) is 0 Å². The highest BCUT2D eigenvalue weighted by molar-refractivity contribution is 5.89. The van der Waals surface area contributed by atoms with Crippen molar-refractivity contribution >= 4 is 11.7 Å². The van der Waals surface area contributed by atoms with E-state index in [0.29, 0.717) is 17.8 Å². The molecule has 0 spiro atoms. The van der Waals surface area contributed by atoms with E-state index >= 15 is 0 Å². The molecule has 1 aromatic carbocycles. The molecule has 2 heterocycles. The first-order chi connectivity index (χ1) is 11.3. The molecule has 2 N–H and O–H groups in total. The molecule has 5 nitrogen and oxygen atoms in total. The van der Waals surface area contributed by atoms with E-state index in [1.54, 1.807) is 0 Å². The third-order valence-corrected chi connectivity index (χ3v) is 4.78. The summed E-state index contributed by atoms with van der Waals surface area (Å²) in [7, 11) is 2.13. The Kier molecular flexibility index (Phi) is 4.58. The highest BCUT2D eigenvalue weighted by atomic mass is 19.4. The van der Waals surface area contributed by atoms with Gasteiger partial charge < -0.3 is 20.3 Å². The molecule has 0 radical (unpaired) electrons. The van der Waals surface area contributed by atoms with Crippen molar-refractivity contribution in [1.29, 1.82) is 0 Å². The van der Waals surface area contributed by atoms with Gasteiger partial charge in [0.25, 0.3) is 0 Å². The molecule has 3 atom stereocenters. The van der Waals surface area contributed by atoms with Gasteiger partial charge in [0, 0.05) is 23.8 Å². The third kappa shape index (κ3) is 4.11. The fraction of sp³-hybridized carbons (Fsp3) is 0.562. The normalized spacial score (nSPS) is 26.9. The van der Waals surface area contributed by atoms with Gasteiger partial charge in [-0.3, -0.25) is 0 Å². The molecule has 8 heteroatoms. The van der Waals surface area contributed by atoms with Gasteiger partial charge in [0.05, 0.1) is 0 Å². The van der Waals surface area contributed by atoms with Crippen LogP contribution >= 0.6 is 0 Å². The van der Waals surface area contributed by atoms with E-state index in [-0.39, 0.29) is 17.8 Å². The predicted molar refractivity (Wildman–Crippen MR) is 82.9 cm³/mol. The molecule has 24 heavy (non-hydrogen) atoms. The maximum absolute atomic E-state index is 12.1. The first-order valence-corrected chi connectivity index (χ1v) is 7.95. The Morgan fingerprint density at radius 3 is 2.29 bits per heavy atom. The second-order valence-electron chi connectivity index (χ2n) is 6.39. The highest BCUT2D eigenvalue weighted by Gasteiger charge is 2.38. The molecule has 1 aromatic rings. The van der Waals surface area contributed by atoms with Crippen molar-refractivity contribution in [2.75, 3.05) is 12.4 Å². The van der Waals surface area contributed by atoms with Gasteiger partial charge in [0.15, 0.2) is 0 Å². The van der Waals surface area contributed by atoms with Gasteiger partial charge in [0.1, 0.15) is 5.75 Å². The van der Waals surface area contributed by atoms with Crippen molar-refractivity contribution < 1.29 is 22.7 Å². The Hall–Kier alpha value is -1.96. The molecule has 2 aliphatic rings. The van der Waals surface area contributed by atoms with E-state index in [1.807, 2.05) is 0 Å². The summed E-state index contributed by atoms with van der Waals surface area (Å²) in [5.41, 5.74) is 0.415. The van der Waals surface area contributed by atoms with Crippen LogP contribution in [-0.4, -0.2) is 42.5 Å². The number of hydrogen-bond donors (Lipinski definition) is 2. The number of nitrogens with zero attached hydrogens (tertiary/aromatic N) is 1. The lowest BCUT2D eigenvalue weighted by Gasteiger charge is -2.36. The lowest BCUT2D eigenvalue weighted by atomic mass is 9.98. The van der Waals surface area contributed by atoms with Crippen LogP contribution in [0.15, 0.2) is 24.3 Å². The lowest BCUT2D eigenvalue weighted by molar-refractivity contribution is -0.274. The summed E-state index contributed by atoms with van der Waals surface area (Å²) in [4.78, 5) is 14.4. The van der Waals surface area contributed by atoms with Crippen molar-refractivity contribution in [2.24, 2.45) is 0 Å². The minimum Gasteiger partial charge on any atom is -0.406 e. The van der Waals surface area contributed by atoms with Crippen molar-refractivity contribution in [1.82, 2.24) is 10.2 Å². The topological polar surface area (TPSA) is 53.6 Å². The number of ether oxygens (including phenoxy) is 1. The molecule has 0 aromatic heterocycles.